The van der Waals surface area contributed by atoms with Gasteiger partial charge in [0.2, 0.25) is 0 Å². The molecule has 4 aromatic rings. The van der Waals surface area contributed by atoms with Gasteiger partial charge in [-0.05, 0) is 47.3 Å². The van der Waals surface area contributed by atoms with Crippen molar-refractivity contribution < 1.29 is 4.57 Å². The number of hydrogen-bond acceptors (Lipinski definition) is 2. The van der Waals surface area contributed by atoms with Crippen molar-refractivity contribution in [3.05, 3.63) is 78.9 Å². The van der Waals surface area contributed by atoms with Crippen molar-refractivity contribution in [1.82, 2.24) is 9.97 Å². The molecule has 4 rings (SSSR count). The number of aryl methyl sites for hydroxylation is 2. The van der Waals surface area contributed by atoms with Gasteiger partial charge in [-0.2, -0.15) is 0 Å². The van der Waals surface area contributed by atoms with E-state index in [2.05, 4.69) is 58.9 Å². The quantitative estimate of drug-likeness (QED) is 0.522. The monoisotopic (exact) mass is 312 g/mol. The zero-order chi connectivity index (χ0) is 16.5. The molecule has 0 bridgehead atoms. The lowest BCUT2D eigenvalue weighted by molar-refractivity contribution is -0.662. The molecule has 2 aromatic heterocycles. The Kier molecular flexibility index (Phi) is 3.54. The lowest BCUT2D eigenvalue weighted by atomic mass is 9.98. The first kappa shape index (κ1) is 14.5. The highest BCUT2D eigenvalue weighted by molar-refractivity contribution is 5.99. The van der Waals surface area contributed by atoms with Crippen LogP contribution in [-0.4, -0.2) is 9.97 Å². The van der Waals surface area contributed by atoms with E-state index >= 15 is 0 Å². The van der Waals surface area contributed by atoms with E-state index in [4.69, 9.17) is 4.98 Å². The number of nitrogens with zero attached hydrogens (tertiary/aromatic N) is 3. The van der Waals surface area contributed by atoms with Crippen LogP contribution >= 0.6 is 0 Å². The fourth-order valence-corrected chi connectivity index (χ4v) is 3.20. The van der Waals surface area contributed by atoms with Crippen LogP contribution in [0.3, 0.4) is 0 Å². The Bertz CT molecular complexity index is 1020. The van der Waals surface area contributed by atoms with Gasteiger partial charge in [0, 0.05) is 23.5 Å². The Morgan fingerprint density at radius 2 is 1.58 bits per heavy atom. The molecule has 0 radical (unpaired) electrons. The first-order valence-electron chi connectivity index (χ1n) is 7.99. The SMILES string of the molecule is Cc1ccccc1-c1c2cccc(-c3ccncc3)c2nc[n+]1C. The molecule has 2 aromatic carbocycles. The number of fused-ring (bicyclic) bond motifs is 1. The second-order valence-corrected chi connectivity index (χ2v) is 5.96. The van der Waals surface area contributed by atoms with E-state index in [1.807, 2.05) is 37.9 Å². The minimum absolute atomic E-state index is 1.01. The molecule has 3 heteroatoms. The lowest BCUT2D eigenvalue weighted by Crippen LogP contribution is -2.31. The molecule has 3 nitrogen and oxygen atoms in total. The van der Waals surface area contributed by atoms with Gasteiger partial charge in [0.25, 0.3) is 6.33 Å². The summed E-state index contributed by atoms with van der Waals surface area (Å²) >= 11 is 0. The third-order valence-corrected chi connectivity index (χ3v) is 4.40. The van der Waals surface area contributed by atoms with Crippen LogP contribution in [0, 0.1) is 6.92 Å². The molecule has 0 spiro atoms. The normalized spacial score (nSPS) is 10.9. The van der Waals surface area contributed by atoms with Crippen LogP contribution in [0.25, 0.3) is 33.3 Å². The summed E-state index contributed by atoms with van der Waals surface area (Å²) in [7, 11) is 2.05. The predicted octanol–water partition coefficient (Wildman–Crippen LogP) is 4.10. The summed E-state index contributed by atoms with van der Waals surface area (Å²) in [6.07, 6.45) is 5.54. The molecule has 0 saturated carbocycles. The molecule has 0 aliphatic heterocycles. The molecule has 0 saturated heterocycles. The molecule has 2 heterocycles. The van der Waals surface area contributed by atoms with E-state index in [1.165, 1.54) is 16.8 Å². The van der Waals surface area contributed by atoms with Crippen molar-refractivity contribution in [2.75, 3.05) is 0 Å². The van der Waals surface area contributed by atoms with Gasteiger partial charge in [-0.3, -0.25) is 4.98 Å². The van der Waals surface area contributed by atoms with Crippen molar-refractivity contribution in [2.24, 2.45) is 7.05 Å². The minimum atomic E-state index is 1.01. The molecule has 24 heavy (non-hydrogen) atoms. The van der Waals surface area contributed by atoms with Gasteiger partial charge in [-0.25, -0.2) is 4.57 Å². The predicted molar refractivity (Wildman–Crippen MR) is 96.3 cm³/mol. The van der Waals surface area contributed by atoms with E-state index in [0.29, 0.717) is 0 Å². The number of para-hydroxylation sites is 1. The highest BCUT2D eigenvalue weighted by Gasteiger charge is 2.18. The highest BCUT2D eigenvalue weighted by atomic mass is 15.0. The second-order valence-electron chi connectivity index (χ2n) is 5.96. The van der Waals surface area contributed by atoms with Gasteiger partial charge < -0.3 is 0 Å². The van der Waals surface area contributed by atoms with Crippen LogP contribution in [0.4, 0.5) is 0 Å². The summed E-state index contributed by atoms with van der Waals surface area (Å²) in [6.45, 7) is 2.15. The summed E-state index contributed by atoms with van der Waals surface area (Å²) in [6, 6.07) is 18.9. The smallest absolute Gasteiger partial charge is 0.265 e. The number of pyridine rings is 1. The molecule has 0 aliphatic carbocycles. The van der Waals surface area contributed by atoms with E-state index in [1.54, 1.807) is 0 Å². The lowest BCUT2D eigenvalue weighted by Gasteiger charge is -2.10. The largest absolute Gasteiger partial charge is 0.287 e. The van der Waals surface area contributed by atoms with Crippen molar-refractivity contribution in [1.29, 1.82) is 0 Å². The number of benzene rings is 2. The molecule has 0 unspecified atom stereocenters. The zero-order valence-electron chi connectivity index (χ0n) is 13.8. The van der Waals surface area contributed by atoms with Gasteiger partial charge in [0.15, 0.2) is 5.52 Å². The first-order valence-corrected chi connectivity index (χ1v) is 7.99. The molecule has 0 N–H and O–H groups in total. The van der Waals surface area contributed by atoms with Crippen molar-refractivity contribution in [3.63, 3.8) is 0 Å². The summed E-state index contributed by atoms with van der Waals surface area (Å²) in [5.74, 6) is 0. The molecule has 116 valence electrons. The second kappa shape index (κ2) is 5.85. The molecular weight excluding hydrogens is 294 g/mol. The van der Waals surface area contributed by atoms with Gasteiger partial charge >= 0.3 is 0 Å². The van der Waals surface area contributed by atoms with Gasteiger partial charge in [0.05, 0.1) is 12.4 Å². The summed E-state index contributed by atoms with van der Waals surface area (Å²) in [5.41, 5.74) is 6.96. The standard InChI is InChI=1S/C21H18N3/c1-15-6-3-4-7-17(15)21-19-9-5-8-18(16-10-12-22-13-11-16)20(19)23-14-24(21)2/h3-14H,1-2H3/q+1. The maximum Gasteiger partial charge on any atom is 0.287 e. The fraction of sp³-hybridized carbons (Fsp3) is 0.0952. The number of rotatable bonds is 2. The van der Waals surface area contributed by atoms with E-state index in [0.717, 1.165) is 22.0 Å². The third kappa shape index (κ3) is 2.35. The Hall–Kier alpha value is -3.07. The molecule has 0 atom stereocenters. The number of aromatic nitrogens is 3. The van der Waals surface area contributed by atoms with Crippen molar-refractivity contribution in [3.8, 4) is 22.4 Å². The van der Waals surface area contributed by atoms with Crippen LogP contribution in [0.15, 0.2) is 73.3 Å². The summed E-state index contributed by atoms with van der Waals surface area (Å²) in [5, 5.41) is 1.16. The topological polar surface area (TPSA) is 29.7 Å². The average Bonchev–Trinajstić information content (AvgIpc) is 2.63. The molecule has 0 aliphatic rings. The Labute approximate surface area is 141 Å². The van der Waals surface area contributed by atoms with Crippen molar-refractivity contribution >= 4 is 10.9 Å². The molecule has 0 fully saturated rings. The van der Waals surface area contributed by atoms with E-state index < -0.39 is 0 Å². The van der Waals surface area contributed by atoms with E-state index in [-0.39, 0.29) is 0 Å². The maximum absolute atomic E-state index is 4.72. The highest BCUT2D eigenvalue weighted by Crippen LogP contribution is 2.32. The summed E-state index contributed by atoms with van der Waals surface area (Å²) in [4.78, 5) is 8.83. The van der Waals surface area contributed by atoms with Gasteiger partial charge in [-0.15, -0.1) is 0 Å². The molecule has 0 amide bonds. The molecular formula is C21H18N3+. The van der Waals surface area contributed by atoms with Gasteiger partial charge in [-0.1, -0.05) is 30.3 Å². The maximum atomic E-state index is 4.72. The average molecular weight is 312 g/mol. The summed E-state index contributed by atoms with van der Waals surface area (Å²) < 4.78 is 2.10. The van der Waals surface area contributed by atoms with Gasteiger partial charge in [0.1, 0.15) is 5.69 Å². The number of hydrogen-bond donors (Lipinski definition) is 0. The van der Waals surface area contributed by atoms with E-state index in [9.17, 15) is 0 Å². The van der Waals surface area contributed by atoms with Crippen LogP contribution < -0.4 is 4.57 Å². The Balaban J connectivity index is 2.06. The Morgan fingerprint density at radius 3 is 2.38 bits per heavy atom. The first-order chi connectivity index (χ1) is 11.8. The third-order valence-electron chi connectivity index (χ3n) is 4.40. The van der Waals surface area contributed by atoms with Crippen LogP contribution in [0.1, 0.15) is 5.56 Å². The van der Waals surface area contributed by atoms with Crippen molar-refractivity contribution in [2.45, 2.75) is 6.92 Å². The van der Waals surface area contributed by atoms with Crippen LogP contribution in [0.2, 0.25) is 0 Å². The fourth-order valence-electron chi connectivity index (χ4n) is 3.20. The Morgan fingerprint density at radius 1 is 0.833 bits per heavy atom. The zero-order valence-corrected chi connectivity index (χ0v) is 13.8. The van der Waals surface area contributed by atoms with Crippen LogP contribution in [0.5, 0.6) is 0 Å². The minimum Gasteiger partial charge on any atom is -0.265 e. The van der Waals surface area contributed by atoms with Crippen LogP contribution in [-0.2, 0) is 7.05 Å².